The third-order valence-electron chi connectivity index (χ3n) is 0.243. The van der Waals surface area contributed by atoms with Crippen LogP contribution < -0.4 is 0 Å². The summed E-state index contributed by atoms with van der Waals surface area (Å²) < 4.78 is 31.7. The van der Waals surface area contributed by atoms with Gasteiger partial charge in [-0.05, 0) is 0 Å². The molecule has 0 aliphatic heterocycles. The van der Waals surface area contributed by atoms with E-state index in [0.29, 0.717) is 0 Å². The Morgan fingerprint density at radius 1 is 1.50 bits per heavy atom. The Morgan fingerprint density at radius 2 is 1.62 bits per heavy atom. The molecule has 0 rings (SSSR count). The van der Waals surface area contributed by atoms with E-state index < -0.39 is 12.1 Å². The molecule has 1 N–H and O–H groups in total. The Kier molecular flexibility index (Phi) is 5.49. The molecule has 0 heterocycles. The molecule has 6 heteroatoms. The largest absolute Gasteiger partial charge is 2.00 e. The van der Waals surface area contributed by atoms with Gasteiger partial charge in [-0.3, -0.25) is 0 Å². The van der Waals surface area contributed by atoms with Crippen LogP contribution in [0.3, 0.4) is 0 Å². The summed E-state index contributed by atoms with van der Waals surface area (Å²) in [5.41, 5.74) is 0. The number of carbonyl (C=O) groups is 1. The molecule has 0 spiro atoms. The van der Waals surface area contributed by atoms with Crippen LogP contribution in [0.15, 0.2) is 0 Å². The van der Waals surface area contributed by atoms with Crippen molar-refractivity contribution in [2.75, 3.05) is 0 Å². The summed E-state index contributed by atoms with van der Waals surface area (Å²) in [7, 11) is 0. The molecular formula is C2H3BaF3O2. The number of carboxylic acid groups (broad SMARTS) is 1. The van der Waals surface area contributed by atoms with Gasteiger partial charge in [-0.2, -0.15) is 13.2 Å². The Morgan fingerprint density at radius 3 is 1.62 bits per heavy atom. The monoisotopic (exact) mass is 254 g/mol. The molecule has 2 nitrogen and oxygen atoms in total. The number of aliphatic carboxylic acids is 1. The van der Waals surface area contributed by atoms with Crippen LogP contribution in [0.25, 0.3) is 0 Å². The maximum absolute atomic E-state index is 10.6. The molecule has 0 saturated carbocycles. The van der Waals surface area contributed by atoms with Gasteiger partial charge in [0, 0.05) is 0 Å². The van der Waals surface area contributed by atoms with Crippen molar-refractivity contribution in [3.63, 3.8) is 0 Å². The summed E-state index contributed by atoms with van der Waals surface area (Å²) in [5.74, 6) is -2.76. The molecule has 0 fully saturated rings. The zero-order chi connectivity index (χ0) is 6.08. The number of hydrogen-bond donors (Lipinski definition) is 1. The maximum Gasteiger partial charge on any atom is 2.00 e. The van der Waals surface area contributed by atoms with Crippen LogP contribution in [0.5, 0.6) is 0 Å². The molecule has 0 amide bonds. The fourth-order valence-electron chi connectivity index (χ4n) is 0. The van der Waals surface area contributed by atoms with Gasteiger partial charge in [0.1, 0.15) is 0 Å². The fraction of sp³-hybridized carbons (Fsp3) is 0.500. The quantitative estimate of drug-likeness (QED) is 0.638. The summed E-state index contributed by atoms with van der Waals surface area (Å²) in [6.07, 6.45) is -5.08. The second kappa shape index (κ2) is 3.78. The Labute approximate surface area is 86.1 Å². The normalized spacial score (nSPS) is 9.88. The number of hydrogen-bond acceptors (Lipinski definition) is 1. The first-order valence-corrected chi connectivity index (χ1v) is 1.24. The standard InChI is InChI=1S/C2HF3O2.Ba.2H/c3-2(4,5)1(6)7;;;/h(H,6,7);;;/q;+2;2*-1. The van der Waals surface area contributed by atoms with Gasteiger partial charge in [0.2, 0.25) is 0 Å². The Balaban J connectivity index is -0.0000000600. The zero-order valence-electron chi connectivity index (χ0n) is 5.70. The first kappa shape index (κ1) is 11.6. The molecule has 0 radical (unpaired) electrons. The van der Waals surface area contributed by atoms with E-state index in [1.54, 1.807) is 0 Å². The van der Waals surface area contributed by atoms with Crippen molar-refractivity contribution >= 4 is 54.9 Å². The SMILES string of the molecule is O=C(O)C(F)(F)F.[Ba+2].[H-].[H-]. The van der Waals surface area contributed by atoms with Gasteiger partial charge in [-0.25, -0.2) is 4.79 Å². The van der Waals surface area contributed by atoms with E-state index in [0.717, 1.165) is 0 Å². The van der Waals surface area contributed by atoms with Gasteiger partial charge >= 0.3 is 61.0 Å². The van der Waals surface area contributed by atoms with Gasteiger partial charge in [0.05, 0.1) is 0 Å². The van der Waals surface area contributed by atoms with Crippen LogP contribution in [0.1, 0.15) is 2.85 Å². The number of carboxylic acids is 1. The van der Waals surface area contributed by atoms with E-state index in [9.17, 15) is 13.2 Å². The summed E-state index contributed by atoms with van der Waals surface area (Å²) in [6, 6.07) is 0. The van der Waals surface area contributed by atoms with E-state index >= 15 is 0 Å². The predicted octanol–water partition coefficient (Wildman–Crippen LogP) is 0.478. The van der Waals surface area contributed by atoms with Crippen LogP contribution in [0.4, 0.5) is 13.2 Å². The first-order chi connectivity index (χ1) is 2.94. The summed E-state index contributed by atoms with van der Waals surface area (Å²) >= 11 is 0. The van der Waals surface area contributed by atoms with Gasteiger partial charge in [-0.15, -0.1) is 0 Å². The second-order valence-corrected chi connectivity index (χ2v) is 0.803. The molecular weight excluding hydrogens is 250 g/mol. The average Bonchev–Trinajstić information content (AvgIpc) is 1.31. The minimum absolute atomic E-state index is 0. The minimum atomic E-state index is -5.08. The smallest absolute Gasteiger partial charge is 1.00 e. The van der Waals surface area contributed by atoms with E-state index in [1.807, 2.05) is 0 Å². The van der Waals surface area contributed by atoms with Crippen LogP contribution in [0.2, 0.25) is 0 Å². The van der Waals surface area contributed by atoms with Crippen molar-refractivity contribution in [3.8, 4) is 0 Å². The molecule has 46 valence electrons. The topological polar surface area (TPSA) is 37.3 Å². The fourth-order valence-corrected chi connectivity index (χ4v) is 0. The Hall–Kier alpha value is 0.831. The molecule has 0 aliphatic carbocycles. The summed E-state index contributed by atoms with van der Waals surface area (Å²) in [6.45, 7) is 0. The molecule has 0 atom stereocenters. The third kappa shape index (κ3) is 4.98. The van der Waals surface area contributed by atoms with Crippen molar-refractivity contribution in [2.45, 2.75) is 6.18 Å². The Bertz CT molecular complexity index is 95.0. The van der Waals surface area contributed by atoms with Crippen LogP contribution in [-0.4, -0.2) is 66.1 Å². The number of alkyl halides is 3. The summed E-state index contributed by atoms with van der Waals surface area (Å²) in [4.78, 5) is 8.90. The number of rotatable bonds is 0. The first-order valence-electron chi connectivity index (χ1n) is 1.24. The third-order valence-corrected chi connectivity index (χ3v) is 0.243. The molecule has 0 aromatic carbocycles. The van der Waals surface area contributed by atoms with E-state index in [2.05, 4.69) is 0 Å². The van der Waals surface area contributed by atoms with Gasteiger partial charge in [0.15, 0.2) is 0 Å². The molecule has 0 bridgehead atoms. The van der Waals surface area contributed by atoms with E-state index in [4.69, 9.17) is 9.90 Å². The van der Waals surface area contributed by atoms with Crippen LogP contribution in [-0.2, 0) is 4.79 Å². The molecule has 0 saturated heterocycles. The van der Waals surface area contributed by atoms with Crippen LogP contribution in [0, 0.1) is 0 Å². The molecule has 0 aromatic heterocycles. The minimum Gasteiger partial charge on any atom is -1.00 e. The van der Waals surface area contributed by atoms with Crippen LogP contribution >= 0.6 is 0 Å². The second-order valence-electron chi connectivity index (χ2n) is 0.803. The van der Waals surface area contributed by atoms with Gasteiger partial charge in [-0.1, -0.05) is 0 Å². The summed E-state index contributed by atoms with van der Waals surface area (Å²) in [5, 5.41) is 7.12. The van der Waals surface area contributed by atoms with E-state index in [1.165, 1.54) is 0 Å². The van der Waals surface area contributed by atoms with Gasteiger partial charge in [0.25, 0.3) is 0 Å². The van der Waals surface area contributed by atoms with Gasteiger partial charge < -0.3 is 7.96 Å². The maximum atomic E-state index is 10.6. The van der Waals surface area contributed by atoms with Crippen molar-refractivity contribution in [3.05, 3.63) is 0 Å². The van der Waals surface area contributed by atoms with E-state index in [-0.39, 0.29) is 51.7 Å². The average molecular weight is 253 g/mol. The predicted molar refractivity (Wildman–Crippen MR) is 21.7 cm³/mol. The van der Waals surface area contributed by atoms with Crippen molar-refractivity contribution < 1.29 is 25.9 Å². The zero-order valence-corrected chi connectivity index (χ0v) is 8.14. The number of halogens is 3. The molecule has 0 aliphatic rings. The van der Waals surface area contributed by atoms with Crippen molar-refractivity contribution in [2.24, 2.45) is 0 Å². The molecule has 0 aromatic rings. The molecule has 0 unspecified atom stereocenters. The van der Waals surface area contributed by atoms with Crippen molar-refractivity contribution in [1.29, 1.82) is 0 Å². The molecule has 8 heavy (non-hydrogen) atoms. The van der Waals surface area contributed by atoms with Crippen molar-refractivity contribution in [1.82, 2.24) is 0 Å².